The van der Waals surface area contributed by atoms with Gasteiger partial charge in [-0.25, -0.2) is 79.8 Å². The molecule has 16 aromatic rings. The second-order valence-electron chi connectivity index (χ2n) is 28.3. The summed E-state index contributed by atoms with van der Waals surface area (Å²) in [5, 5.41) is 34.7. The molecule has 0 bridgehead atoms. The molecule has 0 saturated carbocycles. The number of fused-ring (bicyclic) bond motifs is 5. The summed E-state index contributed by atoms with van der Waals surface area (Å²) >= 11 is 23.9. The molecule has 690 valence electrons. The summed E-state index contributed by atoms with van der Waals surface area (Å²) in [6.07, 6.45) is 0. The van der Waals surface area contributed by atoms with Crippen LogP contribution in [0.1, 0.15) is 102 Å². The van der Waals surface area contributed by atoms with Crippen molar-refractivity contribution in [2.45, 2.75) is 55.4 Å². The Morgan fingerprint density at radius 2 is 0.662 bits per heavy atom. The van der Waals surface area contributed by atoms with Crippen LogP contribution in [0.25, 0.3) is 50.8 Å². The van der Waals surface area contributed by atoms with E-state index in [-0.39, 0.29) is 104 Å². The van der Waals surface area contributed by atoms with Gasteiger partial charge in [0.25, 0.3) is 0 Å². The van der Waals surface area contributed by atoms with E-state index in [2.05, 4.69) is 55.7 Å². The predicted molar refractivity (Wildman–Crippen MR) is 485 cm³/mol. The quantitative estimate of drug-likeness (QED) is 0.0197. The summed E-state index contributed by atoms with van der Waals surface area (Å²) in [6, 6.07) is 40.8. The van der Waals surface area contributed by atoms with Crippen LogP contribution in [0.4, 0.5) is 72.4 Å². The Morgan fingerprint density at radius 3 is 1.02 bits per heavy atom. The Hall–Kier alpha value is -15.1. The molecule has 0 atom stereocenters. The number of methoxy groups -OCH3 is 4. The van der Waals surface area contributed by atoms with Gasteiger partial charge in [-0.1, -0.05) is 94.9 Å². The van der Waals surface area contributed by atoms with Gasteiger partial charge in [0.05, 0.1) is 89.0 Å². The highest BCUT2D eigenvalue weighted by atomic mass is 35.5. The van der Waals surface area contributed by atoms with Crippen molar-refractivity contribution in [2.75, 3.05) is 96.0 Å². The topological polar surface area (TPSA) is 352 Å². The van der Waals surface area contributed by atoms with Gasteiger partial charge < -0.3 is 63.0 Å². The number of carbonyl (C=O) groups is 5. The first-order valence-corrected chi connectivity index (χ1v) is 41.5. The van der Waals surface area contributed by atoms with Crippen LogP contribution in [-0.2, 0) is 18.9 Å². The zero-order valence-corrected chi connectivity index (χ0v) is 76.4. The van der Waals surface area contributed by atoms with Gasteiger partial charge in [-0.3, -0.25) is 0 Å². The molecule has 0 saturated heterocycles. The first-order chi connectivity index (χ1) is 63.5. The van der Waals surface area contributed by atoms with Crippen molar-refractivity contribution < 1.29 is 93.3 Å². The highest BCUT2D eigenvalue weighted by Crippen LogP contribution is 2.42. The number of hydrogen-bond donors (Lipinski definition) is 2. The molecule has 6 aromatic carbocycles. The second-order valence-corrected chi connectivity index (χ2v) is 29.9. The maximum atomic E-state index is 14.0. The maximum Gasteiger partial charge on any atom is 0.358 e. The van der Waals surface area contributed by atoms with Crippen LogP contribution in [0.3, 0.4) is 0 Å². The second kappa shape index (κ2) is 42.2. The maximum absolute atomic E-state index is 14.0. The van der Waals surface area contributed by atoms with E-state index in [9.17, 15) is 55.4 Å². The van der Waals surface area contributed by atoms with E-state index in [1.807, 2.05) is 100 Å². The fourth-order valence-electron chi connectivity index (χ4n) is 13.7. The predicted octanol–water partition coefficient (Wildman–Crippen LogP) is 19.1. The molecular formula is C90H81Cl4F6N19O14. The van der Waals surface area contributed by atoms with E-state index >= 15 is 0 Å². The molecule has 10 aromatic heterocycles. The van der Waals surface area contributed by atoms with Crippen LogP contribution in [-0.4, -0.2) is 184 Å². The zero-order chi connectivity index (χ0) is 96.2. The van der Waals surface area contributed by atoms with Gasteiger partial charge in [0.1, 0.15) is 66.9 Å². The van der Waals surface area contributed by atoms with Gasteiger partial charge >= 0.3 is 29.8 Å². The number of halogens is 10. The normalized spacial score (nSPS) is 10.9. The Balaban J connectivity index is 0.000000153. The van der Waals surface area contributed by atoms with Crippen molar-refractivity contribution in [3.8, 4) is 45.5 Å². The lowest BCUT2D eigenvalue weighted by molar-refractivity contribution is 0.0509. The number of rotatable bonds is 23. The number of aromatic carboxylic acids is 1. The van der Waals surface area contributed by atoms with Crippen LogP contribution in [0.15, 0.2) is 158 Å². The van der Waals surface area contributed by atoms with Crippen LogP contribution in [0.5, 0.6) is 23.0 Å². The zero-order valence-electron chi connectivity index (χ0n) is 73.4. The molecule has 0 spiro atoms. The van der Waals surface area contributed by atoms with E-state index in [1.165, 1.54) is 74.7 Å². The number of anilines is 8. The highest BCUT2D eigenvalue weighted by Gasteiger charge is 2.28. The fraction of sp³-hybridized carbons (Fsp3) is 0.211. The van der Waals surface area contributed by atoms with Crippen molar-refractivity contribution >= 4 is 151 Å². The van der Waals surface area contributed by atoms with Crippen molar-refractivity contribution in [1.82, 2.24) is 73.0 Å². The van der Waals surface area contributed by atoms with E-state index in [0.717, 1.165) is 57.9 Å². The molecule has 33 nitrogen and oxygen atoms in total. The highest BCUT2D eigenvalue weighted by molar-refractivity contribution is 6.33. The molecule has 0 aliphatic rings. The molecule has 43 heteroatoms. The summed E-state index contributed by atoms with van der Waals surface area (Å²) in [5.74, 6) is -7.54. The van der Waals surface area contributed by atoms with Gasteiger partial charge in [-0.2, -0.15) is 43.6 Å². The number of hydrogen-bond acceptors (Lipinski definition) is 27. The first kappa shape index (κ1) is 97.0. The van der Waals surface area contributed by atoms with Gasteiger partial charge in [0.15, 0.2) is 91.6 Å². The third-order valence-electron chi connectivity index (χ3n) is 19.7. The van der Waals surface area contributed by atoms with Gasteiger partial charge in [-0.15, -0.1) is 0 Å². The number of benzene rings is 6. The minimum Gasteiger partial charge on any atom is -0.495 e. The standard InChI is InChI=1S/C24H21F3N4O3.C22H17F3N4O3.C18H19ClN4O3.C17H17ClN4O3.C9H7Cl2N3O2/c1-5-34-24(32)18-11-20-28-17(14-9-15(25)22(27)16(26)10-14)12-21(31(20)29-18)30(3)23-13(2)7-6-8-19(23)33-4;1-11-5-4-6-17(32-3)21(11)28(2)19-10-15(12-7-13(23)20(25)14(24)8-12)26-18-9-16(22(30)31)27-29(18)19;1-5-26-18(24)12-9-15-20-14(19)10-16(23(15)21-12)22(3)17-11(2)7-6-8-13(17)25-4;1-4-25-17(23)11-8-14-19-13(18)9-15(22(14)21-11)20-16-10(2)6-5-7-12(16)24-3;1-2-16-9(15)5-3-8-12-6(10)4-7(11)14(8)13-5/h6-12H,5H2,1-4H3;4-10H,1-3H3,(H,30,31);6-10H,5H2,1-4H3;5-9,20H,4H2,1-3H3;3-4H,2H2,1H3. The minimum absolute atomic E-state index is 0.00867. The number of ether oxygens (including phenoxy) is 8. The van der Waals surface area contributed by atoms with Crippen molar-refractivity contribution in [1.29, 1.82) is 0 Å². The molecule has 0 unspecified atom stereocenters. The summed E-state index contributed by atoms with van der Waals surface area (Å²) in [6.45, 7) is 15.6. The first-order valence-electron chi connectivity index (χ1n) is 40.0. The number of carboxylic acids is 1. The Kier molecular flexibility index (Phi) is 30.8. The van der Waals surface area contributed by atoms with Crippen molar-refractivity contribution in [3.63, 3.8) is 0 Å². The molecule has 0 aliphatic heterocycles. The minimum atomic E-state index is -1.59. The van der Waals surface area contributed by atoms with Crippen LogP contribution >= 0.6 is 46.4 Å². The van der Waals surface area contributed by atoms with Gasteiger partial charge in [0, 0.05) is 92.9 Å². The number of esters is 4. The summed E-state index contributed by atoms with van der Waals surface area (Å²) < 4.78 is 131. The molecule has 2 N–H and O–H groups in total. The largest absolute Gasteiger partial charge is 0.495 e. The number of nitrogens with zero attached hydrogens (tertiary/aromatic N) is 18. The third-order valence-corrected chi connectivity index (χ3v) is 20.5. The molecule has 133 heavy (non-hydrogen) atoms. The molecule has 16 rings (SSSR count). The number of nitrogens with one attached hydrogen (secondary N) is 1. The van der Waals surface area contributed by atoms with E-state index in [4.69, 9.17) is 84.3 Å². The lowest BCUT2D eigenvalue weighted by atomic mass is 10.1. The van der Waals surface area contributed by atoms with E-state index in [1.54, 1.807) is 101 Å². The molecule has 0 radical (unpaired) electrons. The molecule has 0 amide bonds. The number of aryl methyl sites for hydroxylation is 4. The number of aromatic nitrogens is 15. The Morgan fingerprint density at radius 1 is 0.368 bits per heavy atom. The number of para-hydroxylation sites is 4. The molecule has 10 heterocycles. The Labute approximate surface area is 773 Å². The molecule has 0 fully saturated rings. The van der Waals surface area contributed by atoms with Gasteiger partial charge in [-0.05, 0) is 126 Å². The fourth-order valence-corrected chi connectivity index (χ4v) is 14.5. The van der Waals surface area contributed by atoms with Crippen LogP contribution < -0.4 is 39.0 Å². The van der Waals surface area contributed by atoms with E-state index in [0.29, 0.717) is 79.7 Å². The number of carboxylic acid groups (broad SMARTS) is 1. The average molecular weight is 1910 g/mol. The average Bonchev–Trinajstić information content (AvgIpc) is 1.69. The summed E-state index contributed by atoms with van der Waals surface area (Å²) in [4.78, 5) is 85.6. The number of carbonyl (C=O) groups excluding carboxylic acids is 4. The lowest BCUT2D eigenvalue weighted by Gasteiger charge is -2.24. The molecule has 0 aliphatic carbocycles. The van der Waals surface area contributed by atoms with E-state index < -0.39 is 64.7 Å². The third kappa shape index (κ3) is 21.3. The SMILES string of the molecule is CCOC(=O)c1cc2nc(-c3cc(F)c(F)c(F)c3)cc(N(C)c3c(C)cccc3OC)n2n1.CCOC(=O)c1cc2nc(Cl)cc(Cl)n2n1.CCOC(=O)c1cc2nc(Cl)cc(N(C)c3c(C)cccc3OC)n2n1.CCOC(=O)c1cc2nc(Cl)cc(Nc3c(C)cccc3OC)n2n1.COc1cccc(C)c1N(C)c1cc(-c2cc(F)c(F)c(F)c2)nc2cc(C(=O)O)nn12. The summed E-state index contributed by atoms with van der Waals surface area (Å²) in [7, 11) is 11.6. The monoisotopic (exact) mass is 1910 g/mol. The molecular weight excluding hydrogens is 1830 g/mol. The van der Waals surface area contributed by atoms with Crippen LogP contribution in [0, 0.1) is 62.6 Å². The van der Waals surface area contributed by atoms with Gasteiger partial charge in [0.2, 0.25) is 0 Å². The van der Waals surface area contributed by atoms with Crippen molar-refractivity contribution in [3.05, 3.63) is 264 Å². The van der Waals surface area contributed by atoms with Crippen LogP contribution in [0.2, 0.25) is 20.6 Å². The summed E-state index contributed by atoms with van der Waals surface area (Å²) in [5.41, 5.74) is 8.86. The Bertz CT molecular complexity index is 7100. The lowest BCUT2D eigenvalue weighted by Crippen LogP contribution is -2.17. The smallest absolute Gasteiger partial charge is 0.358 e. The van der Waals surface area contributed by atoms with Crippen molar-refractivity contribution in [2.24, 2.45) is 0 Å².